The Hall–Kier alpha value is -3.00. The smallest absolute Gasteiger partial charge is 0.387 e. The first kappa shape index (κ1) is 21.7. The molecule has 1 fully saturated rings. The largest absolute Gasteiger partial charge is 0.490 e. The van der Waals surface area contributed by atoms with E-state index in [2.05, 4.69) is 9.72 Å². The normalized spacial score (nSPS) is 15.0. The Morgan fingerprint density at radius 1 is 1.20 bits per heavy atom. The van der Waals surface area contributed by atoms with Gasteiger partial charge in [0.25, 0.3) is 0 Å². The Balaban J connectivity index is 1.55. The summed E-state index contributed by atoms with van der Waals surface area (Å²) < 4.78 is 34.8. The van der Waals surface area contributed by atoms with Crippen molar-refractivity contribution in [2.45, 2.75) is 20.1 Å². The molecule has 8 heteroatoms. The number of nitrogens with zero attached hydrogens (tertiary/aromatic N) is 2. The molecule has 1 aromatic carbocycles. The lowest BCUT2D eigenvalue weighted by Gasteiger charge is -2.31. The zero-order valence-electron chi connectivity index (χ0n) is 16.9. The standard InChI is InChI=1S/C22H25F2N3O3/c1-2-29-20-15-17(3-5-19(20)30-22(23)24)4-6-21(28)27-13-11-26(12-14-27)16-18-7-9-25-10-8-18/h3-10,15,22H,2,11-14,16H2,1H3/p+1/b6-4+. The molecule has 0 bridgehead atoms. The second-order valence-corrected chi connectivity index (χ2v) is 6.96. The number of hydrogen-bond donors (Lipinski definition) is 1. The first-order valence-electron chi connectivity index (χ1n) is 9.96. The molecule has 0 spiro atoms. The summed E-state index contributed by atoms with van der Waals surface area (Å²) in [6.45, 7) is 3.22. The fourth-order valence-electron chi connectivity index (χ4n) is 3.37. The molecular formula is C22H26F2N3O3+. The highest BCUT2D eigenvalue weighted by Crippen LogP contribution is 2.30. The monoisotopic (exact) mass is 418 g/mol. The number of benzene rings is 1. The number of amides is 1. The molecule has 1 aromatic heterocycles. The molecule has 0 radical (unpaired) electrons. The van der Waals surface area contributed by atoms with Crippen LogP contribution in [-0.4, -0.2) is 55.2 Å². The molecule has 0 atom stereocenters. The summed E-state index contributed by atoms with van der Waals surface area (Å²) in [7, 11) is 0. The molecule has 2 heterocycles. The van der Waals surface area contributed by atoms with Gasteiger partial charge in [0.05, 0.1) is 32.8 Å². The average Bonchev–Trinajstić information content (AvgIpc) is 2.75. The second-order valence-electron chi connectivity index (χ2n) is 6.96. The third-order valence-electron chi connectivity index (χ3n) is 4.89. The summed E-state index contributed by atoms with van der Waals surface area (Å²) in [5.74, 6) is 0.133. The van der Waals surface area contributed by atoms with Gasteiger partial charge in [-0.25, -0.2) is 0 Å². The van der Waals surface area contributed by atoms with Gasteiger partial charge >= 0.3 is 6.61 Å². The summed E-state index contributed by atoms with van der Waals surface area (Å²) in [6.07, 6.45) is 6.75. The van der Waals surface area contributed by atoms with Crippen LogP contribution in [-0.2, 0) is 11.3 Å². The molecule has 0 aliphatic carbocycles. The van der Waals surface area contributed by atoms with Crippen LogP contribution < -0.4 is 14.4 Å². The highest BCUT2D eigenvalue weighted by molar-refractivity contribution is 5.91. The van der Waals surface area contributed by atoms with Crippen LogP contribution in [0.4, 0.5) is 8.78 Å². The van der Waals surface area contributed by atoms with Crippen molar-refractivity contribution >= 4 is 12.0 Å². The van der Waals surface area contributed by atoms with Gasteiger partial charge in [-0.15, -0.1) is 0 Å². The van der Waals surface area contributed by atoms with Gasteiger partial charge < -0.3 is 19.3 Å². The van der Waals surface area contributed by atoms with Crippen LogP contribution in [0.25, 0.3) is 6.08 Å². The van der Waals surface area contributed by atoms with E-state index in [4.69, 9.17) is 4.74 Å². The number of carbonyl (C=O) groups is 1. The lowest BCUT2D eigenvalue weighted by Crippen LogP contribution is -3.13. The molecule has 1 N–H and O–H groups in total. The molecule has 0 unspecified atom stereocenters. The van der Waals surface area contributed by atoms with E-state index in [0.717, 1.165) is 19.6 Å². The lowest BCUT2D eigenvalue weighted by molar-refractivity contribution is -0.917. The van der Waals surface area contributed by atoms with E-state index in [1.165, 1.54) is 22.6 Å². The number of pyridine rings is 1. The van der Waals surface area contributed by atoms with Crippen molar-refractivity contribution in [2.75, 3.05) is 32.8 Å². The van der Waals surface area contributed by atoms with Gasteiger partial charge in [0.2, 0.25) is 5.91 Å². The van der Waals surface area contributed by atoms with Crippen LogP contribution in [0.5, 0.6) is 11.5 Å². The van der Waals surface area contributed by atoms with E-state index < -0.39 is 6.61 Å². The maximum atomic E-state index is 12.5. The highest BCUT2D eigenvalue weighted by atomic mass is 19.3. The molecule has 1 aliphatic rings. The number of quaternary nitrogens is 1. The van der Waals surface area contributed by atoms with Crippen molar-refractivity contribution in [1.29, 1.82) is 0 Å². The highest BCUT2D eigenvalue weighted by Gasteiger charge is 2.22. The Bertz CT molecular complexity index is 854. The molecule has 1 amide bonds. The van der Waals surface area contributed by atoms with Crippen molar-refractivity contribution in [3.05, 3.63) is 59.9 Å². The minimum absolute atomic E-state index is 0.0244. The third-order valence-corrected chi connectivity index (χ3v) is 4.89. The number of piperazine rings is 1. The molecule has 0 saturated carbocycles. The van der Waals surface area contributed by atoms with E-state index in [1.54, 1.807) is 37.5 Å². The summed E-state index contributed by atoms with van der Waals surface area (Å²) in [5, 5.41) is 0. The minimum atomic E-state index is -2.92. The second kappa shape index (κ2) is 10.7. The van der Waals surface area contributed by atoms with Gasteiger partial charge in [-0.1, -0.05) is 6.07 Å². The van der Waals surface area contributed by atoms with E-state index in [-0.39, 0.29) is 17.4 Å². The predicted molar refractivity (Wildman–Crippen MR) is 108 cm³/mol. The number of rotatable bonds is 8. The fourth-order valence-corrected chi connectivity index (χ4v) is 3.37. The van der Waals surface area contributed by atoms with Crippen LogP contribution in [0.1, 0.15) is 18.1 Å². The molecule has 2 aromatic rings. The van der Waals surface area contributed by atoms with E-state index in [1.807, 2.05) is 17.0 Å². The van der Waals surface area contributed by atoms with Gasteiger partial charge in [-0.2, -0.15) is 8.78 Å². The van der Waals surface area contributed by atoms with E-state index in [0.29, 0.717) is 25.3 Å². The number of aromatic nitrogens is 1. The van der Waals surface area contributed by atoms with E-state index in [9.17, 15) is 13.6 Å². The van der Waals surface area contributed by atoms with Crippen molar-refractivity contribution in [3.8, 4) is 11.5 Å². The summed E-state index contributed by atoms with van der Waals surface area (Å²) in [4.78, 5) is 19.8. The number of alkyl halides is 2. The van der Waals surface area contributed by atoms with Crippen molar-refractivity contribution in [3.63, 3.8) is 0 Å². The molecule has 3 rings (SSSR count). The van der Waals surface area contributed by atoms with Gasteiger partial charge in [0.1, 0.15) is 6.54 Å². The minimum Gasteiger partial charge on any atom is -0.490 e. The summed E-state index contributed by atoms with van der Waals surface area (Å²) in [5.41, 5.74) is 1.92. The van der Waals surface area contributed by atoms with Crippen molar-refractivity contribution in [2.24, 2.45) is 0 Å². The van der Waals surface area contributed by atoms with E-state index >= 15 is 0 Å². The maximum absolute atomic E-state index is 12.5. The molecular weight excluding hydrogens is 392 g/mol. The molecule has 1 aliphatic heterocycles. The van der Waals surface area contributed by atoms with Crippen LogP contribution in [0.15, 0.2) is 48.8 Å². The summed E-state index contributed by atoms with van der Waals surface area (Å²) >= 11 is 0. The quantitative estimate of drug-likeness (QED) is 0.667. The molecule has 6 nitrogen and oxygen atoms in total. The van der Waals surface area contributed by atoms with Crippen LogP contribution in [0.3, 0.4) is 0 Å². The lowest BCUT2D eigenvalue weighted by atomic mass is 10.1. The predicted octanol–water partition coefficient (Wildman–Crippen LogP) is 2.02. The number of halogens is 2. The third kappa shape index (κ3) is 6.25. The van der Waals surface area contributed by atoms with Gasteiger partial charge in [-0.05, 0) is 42.8 Å². The number of ether oxygens (including phenoxy) is 2. The van der Waals surface area contributed by atoms with Crippen LogP contribution >= 0.6 is 0 Å². The van der Waals surface area contributed by atoms with Crippen molar-refractivity contribution < 1.29 is 27.9 Å². The fraction of sp³-hybridized carbons (Fsp3) is 0.364. The number of carbonyl (C=O) groups excluding carboxylic acids is 1. The van der Waals surface area contributed by atoms with Crippen LogP contribution in [0.2, 0.25) is 0 Å². The van der Waals surface area contributed by atoms with Crippen molar-refractivity contribution in [1.82, 2.24) is 9.88 Å². The van der Waals surface area contributed by atoms with Crippen LogP contribution in [0, 0.1) is 0 Å². The topological polar surface area (TPSA) is 56.1 Å². The average molecular weight is 418 g/mol. The maximum Gasteiger partial charge on any atom is 0.387 e. The van der Waals surface area contributed by atoms with Gasteiger partial charge in [0, 0.05) is 24.0 Å². The zero-order valence-corrected chi connectivity index (χ0v) is 16.9. The SMILES string of the molecule is CCOc1cc(/C=C/C(=O)N2CC[NH+](Cc3ccncc3)CC2)ccc1OC(F)F. The molecule has 30 heavy (non-hydrogen) atoms. The molecule has 1 saturated heterocycles. The zero-order chi connectivity index (χ0) is 21.3. The number of nitrogens with one attached hydrogen (secondary N) is 1. The number of hydrogen-bond acceptors (Lipinski definition) is 4. The Labute approximate surface area is 174 Å². The Morgan fingerprint density at radius 3 is 2.60 bits per heavy atom. The van der Waals surface area contributed by atoms with Gasteiger partial charge in [-0.3, -0.25) is 9.78 Å². The Kier molecular flexibility index (Phi) is 7.73. The summed E-state index contributed by atoms with van der Waals surface area (Å²) in [6, 6.07) is 8.65. The molecule has 160 valence electrons. The first-order valence-corrected chi connectivity index (χ1v) is 9.96. The van der Waals surface area contributed by atoms with Gasteiger partial charge in [0.15, 0.2) is 11.5 Å². The Morgan fingerprint density at radius 2 is 1.93 bits per heavy atom. The first-order chi connectivity index (χ1) is 14.5.